The van der Waals surface area contributed by atoms with E-state index in [0.29, 0.717) is 11.5 Å². The van der Waals surface area contributed by atoms with Crippen LogP contribution in [0, 0.1) is 13.8 Å². The van der Waals surface area contributed by atoms with Gasteiger partial charge in [0, 0.05) is 6.04 Å². The summed E-state index contributed by atoms with van der Waals surface area (Å²) in [6.45, 7) is 3.19. The van der Waals surface area contributed by atoms with Gasteiger partial charge in [0.1, 0.15) is 4.90 Å². The van der Waals surface area contributed by atoms with Crippen molar-refractivity contribution in [3.8, 4) is 0 Å². The van der Waals surface area contributed by atoms with E-state index in [-0.39, 0.29) is 10.6 Å². The summed E-state index contributed by atoms with van der Waals surface area (Å²) in [7, 11) is -3.51. The fourth-order valence-electron chi connectivity index (χ4n) is 2.03. The molecule has 0 radical (unpaired) electrons. The molecule has 2 aromatic rings. The van der Waals surface area contributed by atoms with Crippen molar-refractivity contribution in [1.29, 1.82) is 0 Å². The van der Waals surface area contributed by atoms with Gasteiger partial charge in [-0.3, -0.25) is 0 Å². The molecule has 1 aromatic carbocycles. The molecular formula is C13H16N2O3S. The molecule has 0 fully saturated rings. The lowest BCUT2D eigenvalue weighted by atomic mass is 10.1. The Morgan fingerprint density at radius 3 is 2.42 bits per heavy atom. The fourth-order valence-corrected chi connectivity index (χ4v) is 3.83. The average molecular weight is 280 g/mol. The lowest BCUT2D eigenvalue weighted by molar-refractivity contribution is 0.390. The molecule has 0 aliphatic heterocycles. The van der Waals surface area contributed by atoms with Gasteiger partial charge in [0.25, 0.3) is 0 Å². The van der Waals surface area contributed by atoms with Crippen LogP contribution in [-0.2, 0) is 9.84 Å². The van der Waals surface area contributed by atoms with Gasteiger partial charge in [-0.15, -0.1) is 0 Å². The van der Waals surface area contributed by atoms with Crippen molar-refractivity contribution in [3.05, 3.63) is 47.3 Å². The van der Waals surface area contributed by atoms with Crippen molar-refractivity contribution in [3.63, 3.8) is 0 Å². The quantitative estimate of drug-likeness (QED) is 0.922. The van der Waals surface area contributed by atoms with Crippen LogP contribution in [0.2, 0.25) is 0 Å². The second-order valence-corrected chi connectivity index (χ2v) is 6.42. The molecule has 5 nitrogen and oxygen atoms in total. The van der Waals surface area contributed by atoms with Gasteiger partial charge in [-0.05, 0) is 19.4 Å². The number of aromatic nitrogens is 1. The topological polar surface area (TPSA) is 86.2 Å². The van der Waals surface area contributed by atoms with Gasteiger partial charge in [0.05, 0.1) is 11.4 Å². The Hall–Kier alpha value is -1.66. The molecule has 0 aliphatic rings. The molecule has 102 valence electrons. The summed E-state index contributed by atoms with van der Waals surface area (Å²) in [4.78, 5) is 0.152. The molecule has 1 unspecified atom stereocenters. The van der Waals surface area contributed by atoms with Crippen LogP contribution in [0.4, 0.5) is 0 Å². The Balaban J connectivity index is 2.28. The first-order valence-corrected chi connectivity index (χ1v) is 7.53. The zero-order valence-corrected chi connectivity index (χ0v) is 11.6. The Bertz CT molecular complexity index is 643. The number of benzene rings is 1. The van der Waals surface area contributed by atoms with Crippen molar-refractivity contribution in [2.45, 2.75) is 24.8 Å². The van der Waals surface area contributed by atoms with E-state index in [9.17, 15) is 8.42 Å². The Labute approximate surface area is 112 Å². The molecule has 1 heterocycles. The lowest BCUT2D eigenvalue weighted by Crippen LogP contribution is -2.22. The average Bonchev–Trinajstić information content (AvgIpc) is 2.70. The highest BCUT2D eigenvalue weighted by atomic mass is 32.2. The van der Waals surface area contributed by atoms with Gasteiger partial charge in [-0.1, -0.05) is 35.5 Å². The van der Waals surface area contributed by atoms with E-state index in [1.165, 1.54) is 0 Å². The summed E-state index contributed by atoms with van der Waals surface area (Å²) in [5.74, 6) is 0.137. The predicted octanol–water partition coefficient (Wildman–Crippen LogP) is 1.77. The monoisotopic (exact) mass is 280 g/mol. The van der Waals surface area contributed by atoms with Gasteiger partial charge in [-0.25, -0.2) is 8.42 Å². The van der Waals surface area contributed by atoms with E-state index in [2.05, 4.69) is 5.16 Å². The number of rotatable bonds is 4. The molecule has 19 heavy (non-hydrogen) atoms. The van der Waals surface area contributed by atoms with E-state index >= 15 is 0 Å². The molecule has 2 N–H and O–H groups in total. The summed E-state index contributed by atoms with van der Waals surface area (Å²) in [5, 5.41) is 3.67. The van der Waals surface area contributed by atoms with Gasteiger partial charge < -0.3 is 10.3 Å². The number of nitrogens with zero attached hydrogens (tertiary/aromatic N) is 1. The van der Waals surface area contributed by atoms with E-state index in [4.69, 9.17) is 10.3 Å². The second-order valence-electron chi connectivity index (χ2n) is 4.45. The number of sulfone groups is 1. The lowest BCUT2D eigenvalue weighted by Gasteiger charge is -2.12. The number of hydrogen-bond donors (Lipinski definition) is 1. The minimum absolute atomic E-state index is 0.152. The highest BCUT2D eigenvalue weighted by Gasteiger charge is 2.26. The summed E-state index contributed by atoms with van der Waals surface area (Å²) in [6, 6.07) is 8.58. The van der Waals surface area contributed by atoms with Gasteiger partial charge >= 0.3 is 0 Å². The van der Waals surface area contributed by atoms with E-state index in [1.54, 1.807) is 13.8 Å². The zero-order chi connectivity index (χ0) is 14.0. The first-order valence-electron chi connectivity index (χ1n) is 5.88. The van der Waals surface area contributed by atoms with Crippen molar-refractivity contribution in [1.82, 2.24) is 5.16 Å². The first kappa shape index (κ1) is 13.8. The molecule has 0 saturated carbocycles. The SMILES string of the molecule is Cc1noc(C)c1S(=O)(=O)CC(N)c1ccccc1. The Kier molecular flexibility index (Phi) is 3.73. The van der Waals surface area contributed by atoms with E-state index in [0.717, 1.165) is 5.56 Å². The zero-order valence-electron chi connectivity index (χ0n) is 10.8. The Morgan fingerprint density at radius 2 is 1.89 bits per heavy atom. The van der Waals surface area contributed by atoms with Crippen molar-refractivity contribution in [2.75, 3.05) is 5.75 Å². The standard InChI is InChI=1S/C13H16N2O3S/c1-9-13(10(2)18-15-9)19(16,17)8-12(14)11-6-4-3-5-7-11/h3-7,12H,8,14H2,1-2H3. The van der Waals surface area contributed by atoms with Crippen LogP contribution in [0.25, 0.3) is 0 Å². The summed E-state index contributed by atoms with van der Waals surface area (Å²) < 4.78 is 29.6. The molecule has 0 bridgehead atoms. The molecule has 0 aliphatic carbocycles. The smallest absolute Gasteiger partial charge is 0.185 e. The molecular weight excluding hydrogens is 264 g/mol. The summed E-state index contributed by atoms with van der Waals surface area (Å²) in [6.07, 6.45) is 0. The fraction of sp³-hybridized carbons (Fsp3) is 0.308. The molecule has 0 spiro atoms. The van der Waals surface area contributed by atoms with Gasteiger partial charge in [0.2, 0.25) is 0 Å². The van der Waals surface area contributed by atoms with Crippen molar-refractivity contribution < 1.29 is 12.9 Å². The maximum atomic E-state index is 12.3. The third-order valence-electron chi connectivity index (χ3n) is 2.91. The van der Waals surface area contributed by atoms with Crippen LogP contribution in [0.1, 0.15) is 23.1 Å². The van der Waals surface area contributed by atoms with Crippen LogP contribution >= 0.6 is 0 Å². The van der Waals surface area contributed by atoms with E-state index in [1.807, 2.05) is 30.3 Å². The van der Waals surface area contributed by atoms with Gasteiger partial charge in [-0.2, -0.15) is 0 Å². The number of aryl methyl sites for hydroxylation is 2. The highest BCUT2D eigenvalue weighted by Crippen LogP contribution is 2.23. The molecule has 0 amide bonds. The van der Waals surface area contributed by atoms with Gasteiger partial charge in [0.15, 0.2) is 15.6 Å². The van der Waals surface area contributed by atoms with E-state index < -0.39 is 15.9 Å². The molecule has 1 atom stereocenters. The molecule has 6 heteroatoms. The first-order chi connectivity index (χ1) is 8.92. The second kappa shape index (κ2) is 5.14. The Morgan fingerprint density at radius 1 is 1.26 bits per heavy atom. The van der Waals surface area contributed by atoms with Crippen LogP contribution in [0.15, 0.2) is 39.8 Å². The summed E-state index contributed by atoms with van der Waals surface area (Å²) >= 11 is 0. The van der Waals surface area contributed by atoms with Crippen molar-refractivity contribution in [2.24, 2.45) is 5.73 Å². The molecule has 2 rings (SSSR count). The number of hydrogen-bond acceptors (Lipinski definition) is 5. The largest absolute Gasteiger partial charge is 0.360 e. The third kappa shape index (κ3) is 2.85. The molecule has 0 saturated heterocycles. The highest BCUT2D eigenvalue weighted by molar-refractivity contribution is 7.91. The number of nitrogens with two attached hydrogens (primary N) is 1. The third-order valence-corrected chi connectivity index (χ3v) is 4.91. The van der Waals surface area contributed by atoms with Crippen LogP contribution in [0.5, 0.6) is 0 Å². The van der Waals surface area contributed by atoms with Crippen LogP contribution in [0.3, 0.4) is 0 Å². The molecule has 1 aromatic heterocycles. The maximum Gasteiger partial charge on any atom is 0.185 e. The minimum Gasteiger partial charge on any atom is -0.360 e. The van der Waals surface area contributed by atoms with Crippen LogP contribution in [-0.4, -0.2) is 19.3 Å². The summed E-state index contributed by atoms with van der Waals surface area (Å²) in [5.41, 5.74) is 7.12. The van der Waals surface area contributed by atoms with Crippen molar-refractivity contribution >= 4 is 9.84 Å². The normalized spacial score (nSPS) is 13.4. The maximum absolute atomic E-state index is 12.3. The predicted molar refractivity (Wildman–Crippen MR) is 71.4 cm³/mol. The minimum atomic E-state index is -3.51. The van der Waals surface area contributed by atoms with Crippen LogP contribution < -0.4 is 5.73 Å².